The van der Waals surface area contributed by atoms with Crippen molar-refractivity contribution in [3.63, 3.8) is 0 Å². The van der Waals surface area contributed by atoms with Crippen molar-refractivity contribution < 1.29 is 0 Å². The van der Waals surface area contributed by atoms with E-state index in [0.717, 1.165) is 39.3 Å². The van der Waals surface area contributed by atoms with Gasteiger partial charge in [-0.1, -0.05) is 36.4 Å². The number of aromatic amines is 1. The molecule has 5 aromatic rings. The van der Waals surface area contributed by atoms with Crippen LogP contribution in [0.2, 0.25) is 0 Å². The van der Waals surface area contributed by atoms with Crippen LogP contribution in [0.25, 0.3) is 27.9 Å². The number of aromatic nitrogens is 6. The predicted molar refractivity (Wildman–Crippen MR) is 95.1 cm³/mol. The van der Waals surface area contributed by atoms with E-state index in [2.05, 4.69) is 32.3 Å². The van der Waals surface area contributed by atoms with Crippen LogP contribution >= 0.6 is 0 Å². The predicted octanol–water partition coefficient (Wildman–Crippen LogP) is 3.26. The lowest BCUT2D eigenvalue weighted by Gasteiger charge is -2.03. The van der Waals surface area contributed by atoms with E-state index in [0.29, 0.717) is 6.42 Å². The van der Waals surface area contributed by atoms with Crippen molar-refractivity contribution in [3.8, 4) is 11.3 Å². The third-order valence-electron chi connectivity index (χ3n) is 4.24. The van der Waals surface area contributed by atoms with E-state index in [1.807, 2.05) is 53.0 Å². The molecule has 0 unspecified atom stereocenters. The SMILES string of the molecule is c1ccc(-c2ccc3nnc(Cc4ccc5nc[nH]c5c4)n3n2)cc1. The van der Waals surface area contributed by atoms with Crippen molar-refractivity contribution in [1.82, 2.24) is 29.8 Å². The molecule has 5 rings (SSSR count). The first-order chi connectivity index (χ1) is 12.4. The van der Waals surface area contributed by atoms with Crippen LogP contribution in [0.4, 0.5) is 0 Å². The molecule has 2 aromatic carbocycles. The molecule has 0 saturated heterocycles. The molecule has 0 atom stereocenters. The average Bonchev–Trinajstić information content (AvgIpc) is 3.29. The summed E-state index contributed by atoms with van der Waals surface area (Å²) in [5.41, 5.74) is 5.83. The van der Waals surface area contributed by atoms with Gasteiger partial charge >= 0.3 is 0 Å². The van der Waals surface area contributed by atoms with Crippen LogP contribution in [0.15, 0.2) is 67.0 Å². The molecule has 3 aromatic heterocycles. The van der Waals surface area contributed by atoms with Gasteiger partial charge in [0.2, 0.25) is 0 Å². The first-order valence-corrected chi connectivity index (χ1v) is 8.06. The van der Waals surface area contributed by atoms with Crippen molar-refractivity contribution in [2.45, 2.75) is 6.42 Å². The van der Waals surface area contributed by atoms with E-state index in [9.17, 15) is 0 Å². The highest BCUT2D eigenvalue weighted by atomic mass is 15.4. The Hall–Kier alpha value is -3.54. The smallest absolute Gasteiger partial charge is 0.177 e. The number of benzene rings is 2. The van der Waals surface area contributed by atoms with E-state index in [1.165, 1.54) is 0 Å². The van der Waals surface area contributed by atoms with Crippen molar-refractivity contribution in [2.24, 2.45) is 0 Å². The fourth-order valence-corrected chi connectivity index (χ4v) is 2.98. The van der Waals surface area contributed by atoms with Crippen LogP contribution in [0.1, 0.15) is 11.4 Å². The van der Waals surface area contributed by atoms with Gasteiger partial charge in [0, 0.05) is 12.0 Å². The van der Waals surface area contributed by atoms with Gasteiger partial charge in [0.15, 0.2) is 11.5 Å². The molecular formula is C19H14N6. The summed E-state index contributed by atoms with van der Waals surface area (Å²) in [6.45, 7) is 0. The fourth-order valence-electron chi connectivity index (χ4n) is 2.98. The number of hydrogen-bond acceptors (Lipinski definition) is 4. The zero-order chi connectivity index (χ0) is 16.6. The molecule has 0 aliphatic heterocycles. The summed E-state index contributed by atoms with van der Waals surface area (Å²) in [7, 11) is 0. The van der Waals surface area contributed by atoms with Gasteiger partial charge in [-0.3, -0.25) is 0 Å². The van der Waals surface area contributed by atoms with E-state index >= 15 is 0 Å². The van der Waals surface area contributed by atoms with Gasteiger partial charge in [0.05, 0.1) is 23.1 Å². The summed E-state index contributed by atoms with van der Waals surface area (Å²) in [5.74, 6) is 0.812. The molecule has 3 heterocycles. The van der Waals surface area contributed by atoms with Gasteiger partial charge in [0.1, 0.15) is 0 Å². The minimum atomic E-state index is 0.654. The van der Waals surface area contributed by atoms with E-state index in [-0.39, 0.29) is 0 Å². The zero-order valence-corrected chi connectivity index (χ0v) is 13.3. The van der Waals surface area contributed by atoms with Gasteiger partial charge in [-0.25, -0.2) is 4.98 Å². The molecular weight excluding hydrogens is 312 g/mol. The molecule has 0 spiro atoms. The van der Waals surface area contributed by atoms with E-state index in [4.69, 9.17) is 5.10 Å². The molecule has 1 N–H and O–H groups in total. The first-order valence-electron chi connectivity index (χ1n) is 8.06. The quantitative estimate of drug-likeness (QED) is 0.552. The molecule has 0 amide bonds. The second-order valence-corrected chi connectivity index (χ2v) is 5.90. The highest BCUT2D eigenvalue weighted by Gasteiger charge is 2.10. The normalized spacial score (nSPS) is 11.4. The zero-order valence-electron chi connectivity index (χ0n) is 13.3. The summed E-state index contributed by atoms with van der Waals surface area (Å²) in [6, 6.07) is 20.2. The Labute approximate surface area is 143 Å². The molecule has 6 nitrogen and oxygen atoms in total. The molecule has 0 saturated carbocycles. The first kappa shape index (κ1) is 13.9. The van der Waals surface area contributed by atoms with Crippen molar-refractivity contribution >= 4 is 16.7 Å². The number of hydrogen-bond donors (Lipinski definition) is 1. The second-order valence-electron chi connectivity index (χ2n) is 5.90. The molecule has 0 radical (unpaired) electrons. The number of imidazole rings is 1. The highest BCUT2D eigenvalue weighted by Crippen LogP contribution is 2.18. The van der Waals surface area contributed by atoms with Crippen LogP contribution in [0.5, 0.6) is 0 Å². The maximum atomic E-state index is 4.73. The lowest BCUT2D eigenvalue weighted by Crippen LogP contribution is -2.01. The maximum absolute atomic E-state index is 4.73. The Morgan fingerprint density at radius 2 is 1.84 bits per heavy atom. The number of nitrogens with one attached hydrogen (secondary N) is 1. The minimum Gasteiger partial charge on any atom is -0.345 e. The molecule has 6 heteroatoms. The standard InChI is InChI=1S/C19H14N6/c1-2-4-14(5-3-1)15-8-9-18-22-23-19(25(18)24-15)11-13-6-7-16-17(10-13)21-12-20-16/h1-10,12H,11H2,(H,20,21). The van der Waals surface area contributed by atoms with Gasteiger partial charge in [0.25, 0.3) is 0 Å². The van der Waals surface area contributed by atoms with Crippen molar-refractivity contribution in [3.05, 3.63) is 78.4 Å². The molecule has 0 aliphatic rings. The summed E-state index contributed by atoms with van der Waals surface area (Å²) in [6.07, 6.45) is 2.36. The van der Waals surface area contributed by atoms with Crippen LogP contribution in [-0.2, 0) is 6.42 Å². The van der Waals surface area contributed by atoms with Gasteiger partial charge in [-0.05, 0) is 29.8 Å². The Bertz CT molecular complexity index is 1170. The van der Waals surface area contributed by atoms with Crippen LogP contribution in [0.3, 0.4) is 0 Å². The Balaban J connectivity index is 1.56. The third kappa shape index (κ3) is 2.44. The van der Waals surface area contributed by atoms with E-state index in [1.54, 1.807) is 6.33 Å². The molecule has 0 fully saturated rings. The van der Waals surface area contributed by atoms with Gasteiger partial charge in [-0.15, -0.1) is 10.2 Å². The fraction of sp³-hybridized carbons (Fsp3) is 0.0526. The molecule has 25 heavy (non-hydrogen) atoms. The Morgan fingerprint density at radius 3 is 2.76 bits per heavy atom. The van der Waals surface area contributed by atoms with E-state index < -0.39 is 0 Å². The Morgan fingerprint density at radius 1 is 0.920 bits per heavy atom. The van der Waals surface area contributed by atoms with Crippen molar-refractivity contribution in [2.75, 3.05) is 0 Å². The van der Waals surface area contributed by atoms with Gasteiger partial charge in [-0.2, -0.15) is 9.61 Å². The van der Waals surface area contributed by atoms with Crippen molar-refractivity contribution in [1.29, 1.82) is 0 Å². The Kier molecular flexibility index (Phi) is 3.06. The molecule has 0 aliphatic carbocycles. The van der Waals surface area contributed by atoms with Gasteiger partial charge < -0.3 is 4.98 Å². The van der Waals surface area contributed by atoms with Crippen LogP contribution in [0, 0.1) is 0 Å². The van der Waals surface area contributed by atoms with Crippen LogP contribution in [-0.4, -0.2) is 29.8 Å². The highest BCUT2D eigenvalue weighted by molar-refractivity contribution is 5.75. The van der Waals surface area contributed by atoms with Crippen LogP contribution < -0.4 is 0 Å². The lowest BCUT2D eigenvalue weighted by atomic mass is 10.1. The molecule has 0 bridgehead atoms. The largest absolute Gasteiger partial charge is 0.345 e. The monoisotopic (exact) mass is 326 g/mol. The minimum absolute atomic E-state index is 0.654. The summed E-state index contributed by atoms with van der Waals surface area (Å²) < 4.78 is 1.82. The molecule has 120 valence electrons. The summed E-state index contributed by atoms with van der Waals surface area (Å²) in [4.78, 5) is 7.39. The number of fused-ring (bicyclic) bond motifs is 2. The maximum Gasteiger partial charge on any atom is 0.177 e. The number of nitrogens with zero attached hydrogens (tertiary/aromatic N) is 5. The third-order valence-corrected chi connectivity index (χ3v) is 4.24. The second kappa shape index (κ2) is 5.52. The topological polar surface area (TPSA) is 71.8 Å². The number of H-pyrrole nitrogens is 1. The average molecular weight is 326 g/mol. The lowest BCUT2D eigenvalue weighted by molar-refractivity contribution is 0.842. The summed E-state index contributed by atoms with van der Waals surface area (Å²) in [5, 5.41) is 13.3. The number of rotatable bonds is 3. The summed E-state index contributed by atoms with van der Waals surface area (Å²) >= 11 is 0.